The topological polar surface area (TPSA) is 112 Å². The van der Waals surface area contributed by atoms with Crippen LogP contribution in [0.15, 0.2) is 0 Å². The Morgan fingerprint density at radius 1 is 0.528 bits per heavy atom. The van der Waals surface area contributed by atoms with Gasteiger partial charge in [0.1, 0.15) is 5.60 Å². The molecule has 0 fully saturated rings. The van der Waals surface area contributed by atoms with Crippen molar-refractivity contribution in [1.29, 1.82) is 0 Å². The van der Waals surface area contributed by atoms with E-state index in [4.69, 9.17) is 42.6 Å². The van der Waals surface area contributed by atoms with E-state index >= 15 is 0 Å². The number of ether oxygens (including phenoxy) is 9. The van der Waals surface area contributed by atoms with Crippen LogP contribution < -0.4 is 5.32 Å². The van der Waals surface area contributed by atoms with Gasteiger partial charge in [0.05, 0.1) is 99.1 Å². The van der Waals surface area contributed by atoms with Crippen molar-refractivity contribution in [2.45, 2.75) is 46.1 Å². The Kier molecular flexibility index (Phi) is 26.2. The van der Waals surface area contributed by atoms with Gasteiger partial charge < -0.3 is 47.9 Å². The van der Waals surface area contributed by atoms with Crippen molar-refractivity contribution in [2.24, 2.45) is 0 Å². The molecule has 1 N–H and O–H groups in total. The quantitative estimate of drug-likeness (QED) is 0.161. The van der Waals surface area contributed by atoms with Gasteiger partial charge in [-0.05, 0) is 27.2 Å². The molecular weight excluding hydrogens is 474 g/mol. The number of carbonyl (C=O) groups is 1. The van der Waals surface area contributed by atoms with E-state index in [9.17, 15) is 4.79 Å². The Balaban J connectivity index is 3.09. The van der Waals surface area contributed by atoms with Crippen molar-refractivity contribution in [3.63, 3.8) is 0 Å². The van der Waals surface area contributed by atoms with E-state index in [0.717, 1.165) is 19.4 Å². The largest absolute Gasteiger partial charge is 0.444 e. The summed E-state index contributed by atoms with van der Waals surface area (Å²) in [6.07, 6.45) is 1.79. The summed E-state index contributed by atoms with van der Waals surface area (Å²) < 4.78 is 48.5. The molecule has 0 aromatic carbocycles. The summed E-state index contributed by atoms with van der Waals surface area (Å²) in [7, 11) is 0. The highest BCUT2D eigenvalue weighted by atomic mass is 16.6. The number of rotatable bonds is 27. The molecule has 0 aliphatic heterocycles. The van der Waals surface area contributed by atoms with Crippen LogP contribution in [0.5, 0.6) is 0 Å². The molecule has 0 spiro atoms. The van der Waals surface area contributed by atoms with Crippen molar-refractivity contribution >= 4 is 6.09 Å². The SMILES string of the molecule is CCCCOCCOCCOCCOCCOCCOCCOCCOCCNC(=O)OC(C)(C)C. The van der Waals surface area contributed by atoms with E-state index in [1.54, 1.807) is 0 Å². The molecule has 0 saturated heterocycles. The highest BCUT2D eigenvalue weighted by Crippen LogP contribution is 2.06. The number of hydrogen-bond acceptors (Lipinski definition) is 10. The van der Waals surface area contributed by atoms with Gasteiger partial charge in [-0.15, -0.1) is 0 Å². The molecule has 0 rings (SSSR count). The lowest BCUT2D eigenvalue weighted by molar-refractivity contribution is -0.0231. The van der Waals surface area contributed by atoms with Gasteiger partial charge in [-0.3, -0.25) is 0 Å². The molecule has 0 bridgehead atoms. The van der Waals surface area contributed by atoms with Crippen LogP contribution in [-0.2, 0) is 42.6 Å². The van der Waals surface area contributed by atoms with Crippen LogP contribution in [0, 0.1) is 0 Å². The van der Waals surface area contributed by atoms with Crippen LogP contribution in [0.25, 0.3) is 0 Å². The normalized spacial score (nSPS) is 11.7. The van der Waals surface area contributed by atoms with Crippen LogP contribution in [0.4, 0.5) is 4.79 Å². The summed E-state index contributed by atoms with van der Waals surface area (Å²) in [5, 5.41) is 2.63. The zero-order valence-electron chi connectivity index (χ0n) is 23.0. The van der Waals surface area contributed by atoms with Crippen LogP contribution in [0.3, 0.4) is 0 Å². The molecule has 11 nitrogen and oxygen atoms in total. The fourth-order valence-electron chi connectivity index (χ4n) is 2.43. The van der Waals surface area contributed by atoms with Crippen molar-refractivity contribution < 1.29 is 47.4 Å². The first kappa shape index (κ1) is 35.0. The van der Waals surface area contributed by atoms with Gasteiger partial charge in [-0.2, -0.15) is 0 Å². The zero-order chi connectivity index (χ0) is 26.6. The van der Waals surface area contributed by atoms with Gasteiger partial charge in [0, 0.05) is 13.2 Å². The van der Waals surface area contributed by atoms with Crippen molar-refractivity contribution in [3.05, 3.63) is 0 Å². The molecule has 0 radical (unpaired) electrons. The highest BCUT2D eigenvalue weighted by molar-refractivity contribution is 5.67. The lowest BCUT2D eigenvalue weighted by Gasteiger charge is -2.19. The first-order valence-electron chi connectivity index (χ1n) is 13.0. The third-order valence-corrected chi connectivity index (χ3v) is 4.16. The van der Waals surface area contributed by atoms with E-state index in [2.05, 4.69) is 12.2 Å². The molecule has 216 valence electrons. The summed E-state index contributed by atoms with van der Waals surface area (Å²) in [5.41, 5.74) is -0.503. The van der Waals surface area contributed by atoms with Gasteiger partial charge in [0.15, 0.2) is 0 Å². The van der Waals surface area contributed by atoms with Crippen molar-refractivity contribution in [3.8, 4) is 0 Å². The minimum Gasteiger partial charge on any atom is -0.444 e. The predicted octanol–water partition coefficient (Wildman–Crippen LogP) is 2.44. The Hall–Kier alpha value is -1.05. The van der Waals surface area contributed by atoms with E-state index in [-0.39, 0.29) is 0 Å². The Bertz CT molecular complexity index is 463. The fraction of sp³-hybridized carbons (Fsp3) is 0.960. The lowest BCUT2D eigenvalue weighted by Crippen LogP contribution is -2.34. The average Bonchev–Trinajstić information content (AvgIpc) is 2.82. The molecule has 0 unspecified atom stereocenters. The Morgan fingerprint density at radius 3 is 1.14 bits per heavy atom. The molecule has 0 aliphatic rings. The number of alkyl carbamates (subject to hydrolysis) is 1. The molecule has 0 aromatic rings. The van der Waals surface area contributed by atoms with Crippen LogP contribution in [0.1, 0.15) is 40.5 Å². The lowest BCUT2D eigenvalue weighted by atomic mass is 10.2. The van der Waals surface area contributed by atoms with Gasteiger partial charge in [-0.1, -0.05) is 13.3 Å². The van der Waals surface area contributed by atoms with Crippen LogP contribution in [-0.4, -0.2) is 124 Å². The summed E-state index contributed by atoms with van der Waals surface area (Å²) in [6, 6.07) is 0. The van der Waals surface area contributed by atoms with Crippen molar-refractivity contribution in [1.82, 2.24) is 5.32 Å². The van der Waals surface area contributed by atoms with Gasteiger partial charge >= 0.3 is 6.09 Å². The number of amides is 1. The molecule has 1 amide bonds. The third kappa shape index (κ3) is 31.0. The number of nitrogens with one attached hydrogen (secondary N) is 1. The van der Waals surface area contributed by atoms with Gasteiger partial charge in [-0.25, -0.2) is 4.79 Å². The Labute approximate surface area is 217 Å². The second-order valence-electron chi connectivity index (χ2n) is 8.68. The fourth-order valence-corrected chi connectivity index (χ4v) is 2.43. The highest BCUT2D eigenvalue weighted by Gasteiger charge is 2.15. The Morgan fingerprint density at radius 2 is 0.833 bits per heavy atom. The predicted molar refractivity (Wildman–Crippen MR) is 136 cm³/mol. The molecule has 0 aliphatic carbocycles. The van der Waals surface area contributed by atoms with Crippen molar-refractivity contribution in [2.75, 3.05) is 112 Å². The van der Waals surface area contributed by atoms with E-state index in [1.165, 1.54) is 0 Å². The first-order valence-corrected chi connectivity index (χ1v) is 13.0. The summed E-state index contributed by atoms with van der Waals surface area (Å²) in [6.45, 7) is 16.5. The second kappa shape index (κ2) is 27.0. The molecule has 0 aromatic heterocycles. The molecule has 36 heavy (non-hydrogen) atoms. The zero-order valence-corrected chi connectivity index (χ0v) is 23.0. The molecule has 0 saturated carbocycles. The summed E-state index contributed by atoms with van der Waals surface area (Å²) in [5.74, 6) is 0. The maximum atomic E-state index is 11.4. The number of carbonyl (C=O) groups excluding carboxylic acids is 1. The number of unbranched alkanes of at least 4 members (excludes halogenated alkanes) is 1. The average molecular weight is 526 g/mol. The smallest absolute Gasteiger partial charge is 0.407 e. The van der Waals surface area contributed by atoms with E-state index in [0.29, 0.717) is 106 Å². The second-order valence-corrected chi connectivity index (χ2v) is 8.68. The summed E-state index contributed by atoms with van der Waals surface area (Å²) in [4.78, 5) is 11.4. The van der Waals surface area contributed by atoms with E-state index in [1.807, 2.05) is 20.8 Å². The molecule has 0 atom stereocenters. The maximum absolute atomic E-state index is 11.4. The minimum atomic E-state index is -0.503. The van der Waals surface area contributed by atoms with Gasteiger partial charge in [0.25, 0.3) is 0 Å². The minimum absolute atomic E-state index is 0.391. The number of hydrogen-bond donors (Lipinski definition) is 1. The standard InChI is InChI=1S/C25H51NO10/c1-5-6-8-28-10-12-30-14-16-32-18-20-34-22-23-35-21-19-33-17-15-31-13-11-29-9-7-26-24(27)36-25(2,3)4/h5-23H2,1-4H3,(H,26,27). The van der Waals surface area contributed by atoms with E-state index < -0.39 is 11.7 Å². The van der Waals surface area contributed by atoms with Crippen LogP contribution >= 0.6 is 0 Å². The van der Waals surface area contributed by atoms with Gasteiger partial charge in [0.2, 0.25) is 0 Å². The molecule has 0 heterocycles. The molecule has 11 heteroatoms. The third-order valence-electron chi connectivity index (χ3n) is 4.16. The molecular formula is C25H51NO10. The van der Waals surface area contributed by atoms with Crippen LogP contribution in [0.2, 0.25) is 0 Å². The first-order chi connectivity index (χ1) is 17.5. The monoisotopic (exact) mass is 525 g/mol. The summed E-state index contributed by atoms with van der Waals surface area (Å²) >= 11 is 0. The maximum Gasteiger partial charge on any atom is 0.407 e.